The number of ether oxygens (including phenoxy) is 1. The summed E-state index contributed by atoms with van der Waals surface area (Å²) in [6.45, 7) is 6.06. The van der Waals surface area contributed by atoms with Gasteiger partial charge in [0.1, 0.15) is 17.9 Å². The van der Waals surface area contributed by atoms with E-state index >= 15 is 0 Å². The van der Waals surface area contributed by atoms with Gasteiger partial charge in [-0.2, -0.15) is 5.10 Å². The highest BCUT2D eigenvalue weighted by molar-refractivity contribution is 5.65. The van der Waals surface area contributed by atoms with Crippen LogP contribution in [0, 0.1) is 5.92 Å². The van der Waals surface area contributed by atoms with Crippen molar-refractivity contribution in [2.75, 3.05) is 5.73 Å². The number of fused-ring (bicyclic) bond motifs is 1. The Morgan fingerprint density at radius 3 is 3.00 bits per heavy atom. The molecule has 0 unspecified atom stereocenters. The normalized spacial score (nSPS) is 31.3. The Hall–Kier alpha value is -2.31. The van der Waals surface area contributed by atoms with Crippen LogP contribution in [0.4, 0.5) is 5.82 Å². The van der Waals surface area contributed by atoms with E-state index in [1.165, 1.54) is 6.33 Å². The third-order valence-corrected chi connectivity index (χ3v) is 4.76. The van der Waals surface area contributed by atoms with Gasteiger partial charge in [-0.05, 0) is 30.0 Å². The third-order valence-electron chi connectivity index (χ3n) is 4.76. The van der Waals surface area contributed by atoms with Crippen molar-refractivity contribution in [3.8, 4) is 0 Å². The molecule has 0 bridgehead atoms. The van der Waals surface area contributed by atoms with E-state index in [0.717, 1.165) is 17.6 Å². The van der Waals surface area contributed by atoms with E-state index in [2.05, 4.69) is 34.0 Å². The Labute approximate surface area is 127 Å². The summed E-state index contributed by atoms with van der Waals surface area (Å²) in [7, 11) is 0. The molecular weight excluding hydrogens is 282 g/mol. The Bertz CT molecular complexity index is 751. The van der Waals surface area contributed by atoms with E-state index in [0.29, 0.717) is 5.82 Å². The number of aromatic nitrogens is 3. The number of hydrogen-bond donors (Lipinski definition) is 1. The number of anilines is 1. The van der Waals surface area contributed by atoms with Crippen molar-refractivity contribution >= 4 is 11.3 Å². The fraction of sp³-hybridized carbons (Fsp3) is 0.571. The van der Waals surface area contributed by atoms with Crippen LogP contribution in [0.1, 0.15) is 39.0 Å². The zero-order valence-corrected chi connectivity index (χ0v) is 12.8. The lowest BCUT2D eigenvalue weighted by molar-refractivity contribution is 0.0217. The van der Waals surface area contributed by atoms with Crippen LogP contribution >= 0.6 is 0 Å². The van der Waals surface area contributed by atoms with Crippen molar-refractivity contribution in [3.05, 3.63) is 34.6 Å². The van der Waals surface area contributed by atoms with Crippen LogP contribution in [0.3, 0.4) is 0 Å². The van der Waals surface area contributed by atoms with Crippen molar-refractivity contribution < 1.29 is 4.74 Å². The first-order valence-corrected chi connectivity index (χ1v) is 7.32. The smallest absolute Gasteiger partial charge is 0.151 e. The van der Waals surface area contributed by atoms with Gasteiger partial charge in [-0.3, -0.25) is 0 Å². The SMILES string of the molecule is CC[C@H]1O[C@@H](c2ccc3c(N)ncnn23)[C@](C)(N=[N+]=[N-])[C@@H]1C. The van der Waals surface area contributed by atoms with E-state index < -0.39 is 5.54 Å². The van der Waals surface area contributed by atoms with Gasteiger partial charge >= 0.3 is 0 Å². The molecule has 0 radical (unpaired) electrons. The summed E-state index contributed by atoms with van der Waals surface area (Å²) in [4.78, 5) is 7.03. The number of nitrogens with two attached hydrogens (primary N) is 1. The molecule has 0 aromatic carbocycles. The largest absolute Gasteiger partial charge is 0.382 e. The summed E-state index contributed by atoms with van der Waals surface area (Å²) in [5.74, 6) is 0.507. The van der Waals surface area contributed by atoms with E-state index in [-0.39, 0.29) is 18.1 Å². The van der Waals surface area contributed by atoms with Crippen molar-refractivity contribution in [1.29, 1.82) is 0 Å². The molecular formula is C14H19N7O. The molecule has 0 spiro atoms. The van der Waals surface area contributed by atoms with E-state index in [4.69, 9.17) is 16.0 Å². The van der Waals surface area contributed by atoms with Crippen LogP contribution in [0.2, 0.25) is 0 Å². The second kappa shape index (κ2) is 5.15. The molecule has 8 nitrogen and oxygen atoms in total. The van der Waals surface area contributed by atoms with Gasteiger partial charge in [-0.15, -0.1) is 0 Å². The average Bonchev–Trinajstić information content (AvgIpc) is 3.02. The minimum Gasteiger partial charge on any atom is -0.382 e. The first kappa shape index (κ1) is 14.6. The second-order valence-electron chi connectivity index (χ2n) is 5.87. The average molecular weight is 301 g/mol. The number of rotatable bonds is 3. The Kier molecular flexibility index (Phi) is 3.42. The minimum atomic E-state index is -0.677. The molecule has 3 heterocycles. The van der Waals surface area contributed by atoms with Gasteiger partial charge < -0.3 is 10.5 Å². The van der Waals surface area contributed by atoms with Gasteiger partial charge in [0.15, 0.2) is 5.82 Å². The molecule has 2 aromatic heterocycles. The van der Waals surface area contributed by atoms with E-state index in [9.17, 15) is 0 Å². The fourth-order valence-corrected chi connectivity index (χ4v) is 3.28. The zero-order chi connectivity index (χ0) is 15.9. The highest BCUT2D eigenvalue weighted by atomic mass is 16.5. The summed E-state index contributed by atoms with van der Waals surface area (Å²) < 4.78 is 7.91. The maximum Gasteiger partial charge on any atom is 0.151 e. The van der Waals surface area contributed by atoms with Gasteiger partial charge in [-0.25, -0.2) is 9.50 Å². The van der Waals surface area contributed by atoms with E-state index in [1.807, 2.05) is 19.1 Å². The first-order valence-electron chi connectivity index (χ1n) is 7.32. The van der Waals surface area contributed by atoms with Crippen molar-refractivity contribution in [2.45, 2.75) is 44.9 Å². The minimum absolute atomic E-state index is 0.0326. The predicted octanol–water partition coefficient (Wildman–Crippen LogP) is 2.87. The van der Waals surface area contributed by atoms with Crippen LogP contribution < -0.4 is 5.73 Å². The molecule has 0 aliphatic carbocycles. The molecule has 1 aliphatic rings. The van der Waals surface area contributed by atoms with Crippen molar-refractivity contribution in [2.24, 2.45) is 11.0 Å². The third kappa shape index (κ3) is 1.92. The van der Waals surface area contributed by atoms with Gasteiger partial charge in [-0.1, -0.05) is 25.9 Å². The standard InChI is InChI=1S/C14H19N7O/c1-4-11-8(2)14(3,19-20-16)12(22-11)9-5-6-10-13(15)17-7-18-21(9)10/h5-8,11-12H,4H2,1-3H3,(H2,15,17,18)/t8-,11-,12+,14-/m1/s1. The van der Waals surface area contributed by atoms with Gasteiger partial charge in [0.2, 0.25) is 0 Å². The lowest BCUT2D eigenvalue weighted by atomic mass is 9.81. The number of azide groups is 1. The van der Waals surface area contributed by atoms with Gasteiger partial charge in [0, 0.05) is 4.91 Å². The van der Waals surface area contributed by atoms with Gasteiger partial charge in [0.25, 0.3) is 0 Å². The van der Waals surface area contributed by atoms with Crippen LogP contribution in [0.5, 0.6) is 0 Å². The molecule has 0 saturated carbocycles. The Morgan fingerprint density at radius 1 is 1.55 bits per heavy atom. The molecule has 8 heteroatoms. The van der Waals surface area contributed by atoms with Crippen LogP contribution in [0.25, 0.3) is 16.0 Å². The Morgan fingerprint density at radius 2 is 2.32 bits per heavy atom. The maximum atomic E-state index is 8.99. The summed E-state index contributed by atoms with van der Waals surface area (Å²) in [6, 6.07) is 3.76. The molecule has 2 aromatic rings. The number of nitrogens with zero attached hydrogens (tertiary/aromatic N) is 6. The Balaban J connectivity index is 2.16. The quantitative estimate of drug-likeness (QED) is 0.533. The molecule has 4 atom stereocenters. The zero-order valence-electron chi connectivity index (χ0n) is 12.8. The number of hydrogen-bond acceptors (Lipinski definition) is 5. The topological polar surface area (TPSA) is 114 Å². The molecule has 22 heavy (non-hydrogen) atoms. The molecule has 1 fully saturated rings. The number of nitrogen functional groups attached to an aromatic ring is 1. The summed E-state index contributed by atoms with van der Waals surface area (Å²) in [5.41, 5.74) is 15.7. The summed E-state index contributed by atoms with van der Waals surface area (Å²) in [6.07, 6.45) is 1.92. The fourth-order valence-electron chi connectivity index (χ4n) is 3.28. The lowest BCUT2D eigenvalue weighted by Crippen LogP contribution is -2.34. The predicted molar refractivity (Wildman–Crippen MR) is 82.0 cm³/mol. The van der Waals surface area contributed by atoms with Crippen molar-refractivity contribution in [3.63, 3.8) is 0 Å². The maximum absolute atomic E-state index is 8.99. The molecule has 2 N–H and O–H groups in total. The first-order chi connectivity index (χ1) is 10.5. The van der Waals surface area contributed by atoms with Crippen LogP contribution in [-0.4, -0.2) is 26.2 Å². The lowest BCUT2D eigenvalue weighted by Gasteiger charge is -2.28. The molecule has 3 rings (SSSR count). The van der Waals surface area contributed by atoms with E-state index in [1.54, 1.807) is 4.52 Å². The molecule has 116 valence electrons. The van der Waals surface area contributed by atoms with Crippen LogP contribution in [-0.2, 0) is 4.74 Å². The highest BCUT2D eigenvalue weighted by Gasteiger charge is 2.51. The summed E-state index contributed by atoms with van der Waals surface area (Å²) >= 11 is 0. The van der Waals surface area contributed by atoms with Crippen molar-refractivity contribution in [1.82, 2.24) is 14.6 Å². The molecule has 0 amide bonds. The molecule has 1 saturated heterocycles. The molecule has 1 aliphatic heterocycles. The van der Waals surface area contributed by atoms with Crippen LogP contribution in [0.15, 0.2) is 23.6 Å². The highest BCUT2D eigenvalue weighted by Crippen LogP contribution is 2.49. The monoisotopic (exact) mass is 301 g/mol. The van der Waals surface area contributed by atoms with Gasteiger partial charge in [0.05, 0.1) is 17.3 Å². The summed E-state index contributed by atoms with van der Waals surface area (Å²) in [5, 5.41) is 8.33. The second-order valence-corrected chi connectivity index (χ2v) is 5.87.